The first-order valence-corrected chi connectivity index (χ1v) is 10.4. The van der Waals surface area contributed by atoms with Crippen LogP contribution in [0.5, 0.6) is 5.75 Å². The molecule has 0 amide bonds. The van der Waals surface area contributed by atoms with E-state index in [-0.39, 0.29) is 0 Å². The van der Waals surface area contributed by atoms with E-state index in [2.05, 4.69) is 33.5 Å². The SMILES string of the molecule is COc1ccc2ccccc2c1S(=O)N1CCN(Cc2ccccc2)CC1. The van der Waals surface area contributed by atoms with Gasteiger partial charge in [-0.15, -0.1) is 0 Å². The zero-order valence-corrected chi connectivity index (χ0v) is 16.3. The van der Waals surface area contributed by atoms with Crippen molar-refractivity contribution in [2.45, 2.75) is 11.4 Å². The molecule has 1 heterocycles. The van der Waals surface area contributed by atoms with Crippen molar-refractivity contribution in [1.29, 1.82) is 0 Å². The van der Waals surface area contributed by atoms with Gasteiger partial charge in [0.2, 0.25) is 0 Å². The Hall–Kier alpha value is -2.21. The van der Waals surface area contributed by atoms with E-state index in [1.54, 1.807) is 7.11 Å². The van der Waals surface area contributed by atoms with E-state index in [0.717, 1.165) is 48.4 Å². The summed E-state index contributed by atoms with van der Waals surface area (Å²) in [4.78, 5) is 3.20. The molecule has 3 aromatic rings. The van der Waals surface area contributed by atoms with Crippen LogP contribution in [0.15, 0.2) is 71.6 Å². The number of fused-ring (bicyclic) bond motifs is 1. The molecule has 0 bridgehead atoms. The van der Waals surface area contributed by atoms with Crippen LogP contribution in [0, 0.1) is 0 Å². The average molecular weight is 381 g/mol. The summed E-state index contributed by atoms with van der Waals surface area (Å²) >= 11 is 0. The zero-order valence-electron chi connectivity index (χ0n) is 15.5. The maximum atomic E-state index is 13.4. The van der Waals surface area contributed by atoms with E-state index in [1.807, 2.05) is 42.5 Å². The molecule has 1 atom stereocenters. The van der Waals surface area contributed by atoms with Crippen LogP contribution < -0.4 is 4.74 Å². The molecule has 0 radical (unpaired) electrons. The predicted octanol–water partition coefficient (Wildman–Crippen LogP) is 3.69. The molecule has 0 saturated carbocycles. The topological polar surface area (TPSA) is 32.8 Å². The van der Waals surface area contributed by atoms with Crippen LogP contribution in [-0.4, -0.2) is 46.7 Å². The highest BCUT2D eigenvalue weighted by atomic mass is 32.2. The fourth-order valence-corrected chi connectivity index (χ4v) is 5.04. The molecule has 1 aliphatic rings. The van der Waals surface area contributed by atoms with Gasteiger partial charge in [-0.1, -0.05) is 60.7 Å². The first kappa shape index (κ1) is 18.2. The van der Waals surface area contributed by atoms with Gasteiger partial charge in [-0.2, -0.15) is 0 Å². The summed E-state index contributed by atoms with van der Waals surface area (Å²) in [6, 6.07) is 22.5. The average Bonchev–Trinajstić information content (AvgIpc) is 2.73. The lowest BCUT2D eigenvalue weighted by Gasteiger charge is -2.34. The van der Waals surface area contributed by atoms with E-state index in [9.17, 15) is 4.21 Å². The van der Waals surface area contributed by atoms with Crippen LogP contribution in [0.4, 0.5) is 0 Å². The fourth-order valence-electron chi connectivity index (χ4n) is 3.59. The van der Waals surface area contributed by atoms with Crippen molar-refractivity contribution < 1.29 is 8.95 Å². The molecular weight excluding hydrogens is 356 g/mol. The molecule has 1 unspecified atom stereocenters. The van der Waals surface area contributed by atoms with E-state index in [1.165, 1.54) is 5.56 Å². The number of ether oxygens (including phenoxy) is 1. The molecule has 3 aromatic carbocycles. The number of benzene rings is 3. The van der Waals surface area contributed by atoms with Crippen molar-refractivity contribution in [2.24, 2.45) is 0 Å². The smallest absolute Gasteiger partial charge is 0.137 e. The minimum Gasteiger partial charge on any atom is -0.495 e. The van der Waals surface area contributed by atoms with Gasteiger partial charge in [0.25, 0.3) is 0 Å². The Kier molecular flexibility index (Phi) is 5.53. The minimum atomic E-state index is -1.24. The summed E-state index contributed by atoms with van der Waals surface area (Å²) < 4.78 is 21.0. The second-order valence-electron chi connectivity index (χ2n) is 6.76. The van der Waals surface area contributed by atoms with Gasteiger partial charge in [0, 0.05) is 38.1 Å². The lowest BCUT2D eigenvalue weighted by molar-refractivity contribution is 0.185. The van der Waals surface area contributed by atoms with Gasteiger partial charge in [-0.3, -0.25) is 4.90 Å². The molecule has 1 aliphatic heterocycles. The number of nitrogens with zero attached hydrogens (tertiary/aromatic N) is 2. The van der Waals surface area contributed by atoms with E-state index in [0.29, 0.717) is 5.75 Å². The van der Waals surface area contributed by atoms with Crippen LogP contribution in [0.2, 0.25) is 0 Å². The third kappa shape index (κ3) is 3.90. The molecule has 4 rings (SSSR count). The van der Waals surface area contributed by atoms with Crippen molar-refractivity contribution >= 4 is 21.8 Å². The third-order valence-corrected chi connectivity index (χ3v) is 6.66. The quantitative estimate of drug-likeness (QED) is 0.677. The van der Waals surface area contributed by atoms with Gasteiger partial charge in [0.05, 0.1) is 7.11 Å². The molecule has 5 heteroatoms. The zero-order chi connectivity index (χ0) is 18.6. The minimum absolute atomic E-state index is 0.693. The lowest BCUT2D eigenvalue weighted by atomic mass is 10.1. The number of rotatable bonds is 5. The van der Waals surface area contributed by atoms with Crippen molar-refractivity contribution in [1.82, 2.24) is 9.21 Å². The second kappa shape index (κ2) is 8.21. The van der Waals surface area contributed by atoms with Gasteiger partial charge < -0.3 is 4.74 Å². The standard InChI is InChI=1S/C22H24N2O2S/c1-26-21-12-11-19-9-5-6-10-20(19)22(21)27(25)24-15-13-23(14-16-24)17-18-7-3-2-4-8-18/h2-12H,13-17H2,1H3. The summed E-state index contributed by atoms with van der Waals surface area (Å²) in [5, 5.41) is 2.09. The van der Waals surface area contributed by atoms with Gasteiger partial charge in [0.15, 0.2) is 0 Å². The Labute approximate surface area is 162 Å². The van der Waals surface area contributed by atoms with Gasteiger partial charge in [0.1, 0.15) is 21.6 Å². The van der Waals surface area contributed by atoms with Crippen molar-refractivity contribution in [2.75, 3.05) is 33.3 Å². The second-order valence-corrected chi connectivity index (χ2v) is 8.18. The molecule has 0 aromatic heterocycles. The summed E-state index contributed by atoms with van der Waals surface area (Å²) in [5.74, 6) is 0.693. The molecule has 0 aliphatic carbocycles. The third-order valence-electron chi connectivity index (χ3n) is 5.05. The van der Waals surface area contributed by atoms with Crippen LogP contribution in [-0.2, 0) is 17.5 Å². The highest BCUT2D eigenvalue weighted by Gasteiger charge is 2.25. The Morgan fingerprint density at radius 1 is 0.889 bits per heavy atom. The molecule has 140 valence electrons. The van der Waals surface area contributed by atoms with Crippen LogP contribution >= 0.6 is 0 Å². The summed E-state index contributed by atoms with van der Waals surface area (Å²) in [7, 11) is 0.406. The Bertz CT molecular complexity index is 937. The van der Waals surface area contributed by atoms with Gasteiger partial charge >= 0.3 is 0 Å². The largest absolute Gasteiger partial charge is 0.495 e. The molecule has 4 nitrogen and oxygen atoms in total. The Morgan fingerprint density at radius 3 is 2.33 bits per heavy atom. The predicted molar refractivity (Wildman–Crippen MR) is 110 cm³/mol. The van der Waals surface area contributed by atoms with Crippen LogP contribution in [0.25, 0.3) is 10.8 Å². The van der Waals surface area contributed by atoms with Crippen LogP contribution in [0.3, 0.4) is 0 Å². The van der Waals surface area contributed by atoms with E-state index >= 15 is 0 Å². The molecule has 0 spiro atoms. The monoisotopic (exact) mass is 380 g/mol. The number of methoxy groups -OCH3 is 1. The highest BCUT2D eigenvalue weighted by Crippen LogP contribution is 2.32. The number of piperazine rings is 1. The van der Waals surface area contributed by atoms with E-state index < -0.39 is 11.0 Å². The van der Waals surface area contributed by atoms with Gasteiger partial charge in [-0.05, 0) is 17.0 Å². The highest BCUT2D eigenvalue weighted by molar-refractivity contribution is 7.83. The normalized spacial score (nSPS) is 17.1. The lowest BCUT2D eigenvalue weighted by Crippen LogP contribution is -2.46. The fraction of sp³-hybridized carbons (Fsp3) is 0.273. The Balaban J connectivity index is 1.51. The maximum Gasteiger partial charge on any atom is 0.137 e. The van der Waals surface area contributed by atoms with Crippen molar-refractivity contribution in [3.8, 4) is 5.75 Å². The number of hydrogen-bond donors (Lipinski definition) is 0. The van der Waals surface area contributed by atoms with Gasteiger partial charge in [-0.25, -0.2) is 8.51 Å². The molecule has 1 fully saturated rings. The maximum absolute atomic E-state index is 13.4. The Morgan fingerprint density at radius 2 is 1.59 bits per heavy atom. The van der Waals surface area contributed by atoms with Crippen molar-refractivity contribution in [3.05, 3.63) is 72.3 Å². The first-order valence-electron chi connectivity index (χ1n) is 9.25. The summed E-state index contributed by atoms with van der Waals surface area (Å²) in [5.41, 5.74) is 1.32. The molecule has 1 saturated heterocycles. The summed E-state index contributed by atoms with van der Waals surface area (Å²) in [6.45, 7) is 4.33. The first-order chi connectivity index (χ1) is 13.3. The van der Waals surface area contributed by atoms with Crippen LogP contribution in [0.1, 0.15) is 5.56 Å². The molecular formula is C22H24N2O2S. The number of hydrogen-bond acceptors (Lipinski definition) is 3. The summed E-state index contributed by atoms with van der Waals surface area (Å²) in [6.07, 6.45) is 0. The molecule has 0 N–H and O–H groups in total. The van der Waals surface area contributed by atoms with E-state index in [4.69, 9.17) is 4.74 Å². The van der Waals surface area contributed by atoms with Crippen molar-refractivity contribution in [3.63, 3.8) is 0 Å². The molecule has 27 heavy (non-hydrogen) atoms.